The van der Waals surface area contributed by atoms with Crippen LogP contribution >= 0.6 is 0 Å². The molecule has 2 aromatic carbocycles. The third-order valence-corrected chi connectivity index (χ3v) is 5.58. The molecule has 1 aliphatic heterocycles. The first kappa shape index (κ1) is 24.8. The average Bonchev–Trinajstić information content (AvgIpc) is 2.87. The number of nitrogens with one attached hydrogen (secondary N) is 1. The maximum Gasteiger partial charge on any atom is 0.513 e. The van der Waals surface area contributed by atoms with E-state index in [2.05, 4.69) is 5.32 Å². The van der Waals surface area contributed by atoms with Crippen LogP contribution in [0.1, 0.15) is 35.7 Å². The van der Waals surface area contributed by atoms with E-state index in [1.165, 1.54) is 6.08 Å². The topological polar surface area (TPSA) is 94.2 Å². The van der Waals surface area contributed by atoms with E-state index in [9.17, 15) is 14.4 Å². The van der Waals surface area contributed by atoms with Gasteiger partial charge in [0.05, 0.1) is 13.7 Å². The van der Waals surface area contributed by atoms with Crippen LogP contribution in [-0.2, 0) is 9.53 Å². The molecule has 0 aromatic heterocycles. The van der Waals surface area contributed by atoms with E-state index < -0.39 is 6.16 Å². The third-order valence-electron chi connectivity index (χ3n) is 5.58. The highest BCUT2D eigenvalue weighted by atomic mass is 16.7. The molecule has 34 heavy (non-hydrogen) atoms. The molecular formula is C26H30N2O6. The van der Waals surface area contributed by atoms with Crippen molar-refractivity contribution in [2.75, 3.05) is 33.4 Å². The molecule has 1 fully saturated rings. The maximum atomic E-state index is 12.8. The van der Waals surface area contributed by atoms with Gasteiger partial charge in [-0.1, -0.05) is 18.2 Å². The number of hydrogen-bond donors (Lipinski definition) is 1. The van der Waals surface area contributed by atoms with Gasteiger partial charge in [0.1, 0.15) is 11.5 Å². The van der Waals surface area contributed by atoms with Gasteiger partial charge in [0.25, 0.3) is 5.91 Å². The van der Waals surface area contributed by atoms with Crippen LogP contribution in [0.25, 0.3) is 6.08 Å². The van der Waals surface area contributed by atoms with E-state index in [0.29, 0.717) is 42.6 Å². The summed E-state index contributed by atoms with van der Waals surface area (Å²) < 4.78 is 15.0. The standard InChI is InChI=1S/C26H30N2O6/c1-3-33-26(31)34-22-11-8-21(9-12-22)25(30)28-16-14-19(15-17-28)18-27-24(29)13-10-20-6-4-5-7-23(20)32-2/h4-13,19H,3,14-18H2,1-2H3,(H,27,29)/b13-10+. The van der Waals surface area contributed by atoms with Crippen LogP contribution in [-0.4, -0.2) is 56.2 Å². The summed E-state index contributed by atoms with van der Waals surface area (Å²) in [7, 11) is 1.60. The van der Waals surface area contributed by atoms with Gasteiger partial charge in [-0.3, -0.25) is 9.59 Å². The van der Waals surface area contributed by atoms with E-state index in [1.54, 1.807) is 49.3 Å². The second kappa shape index (κ2) is 12.4. The first-order chi connectivity index (χ1) is 16.5. The number of likely N-dealkylation sites (tertiary alicyclic amines) is 1. The molecule has 0 aliphatic carbocycles. The molecule has 0 spiro atoms. The molecule has 0 atom stereocenters. The number of para-hydroxylation sites is 1. The van der Waals surface area contributed by atoms with Gasteiger partial charge in [-0.2, -0.15) is 0 Å². The van der Waals surface area contributed by atoms with E-state index in [1.807, 2.05) is 24.3 Å². The Morgan fingerprint density at radius 2 is 1.76 bits per heavy atom. The minimum atomic E-state index is -0.772. The molecule has 0 unspecified atom stereocenters. The van der Waals surface area contributed by atoms with Crippen molar-refractivity contribution in [2.24, 2.45) is 5.92 Å². The Hall–Kier alpha value is -3.81. The highest BCUT2D eigenvalue weighted by molar-refractivity contribution is 5.94. The number of piperidine rings is 1. The third kappa shape index (κ3) is 7.10. The summed E-state index contributed by atoms with van der Waals surface area (Å²) in [5, 5.41) is 2.94. The second-order valence-electron chi connectivity index (χ2n) is 7.87. The van der Waals surface area contributed by atoms with Crippen LogP contribution in [0.2, 0.25) is 0 Å². The number of nitrogens with zero attached hydrogens (tertiary/aromatic N) is 1. The Morgan fingerprint density at radius 3 is 2.44 bits per heavy atom. The first-order valence-corrected chi connectivity index (χ1v) is 11.3. The molecule has 2 aromatic rings. The lowest BCUT2D eigenvalue weighted by molar-refractivity contribution is -0.116. The smallest absolute Gasteiger partial charge is 0.496 e. The van der Waals surface area contributed by atoms with E-state index in [4.69, 9.17) is 14.2 Å². The lowest BCUT2D eigenvalue weighted by atomic mass is 9.96. The van der Waals surface area contributed by atoms with Gasteiger partial charge >= 0.3 is 6.16 Å². The summed E-state index contributed by atoms with van der Waals surface area (Å²) >= 11 is 0. The minimum absolute atomic E-state index is 0.0649. The molecule has 1 aliphatic rings. The Labute approximate surface area is 199 Å². The zero-order valence-corrected chi connectivity index (χ0v) is 19.5. The van der Waals surface area contributed by atoms with Crippen molar-refractivity contribution in [1.82, 2.24) is 10.2 Å². The Balaban J connectivity index is 1.42. The summed E-state index contributed by atoms with van der Waals surface area (Å²) in [6, 6.07) is 13.9. The molecule has 3 rings (SSSR count). The first-order valence-electron chi connectivity index (χ1n) is 11.3. The van der Waals surface area contributed by atoms with Gasteiger partial charge in [-0.25, -0.2) is 4.79 Å². The van der Waals surface area contributed by atoms with Crippen LogP contribution in [0.5, 0.6) is 11.5 Å². The molecule has 1 saturated heterocycles. The van der Waals surface area contributed by atoms with Crippen molar-refractivity contribution in [3.63, 3.8) is 0 Å². The van der Waals surface area contributed by atoms with Gasteiger partial charge in [0.15, 0.2) is 0 Å². The Bertz CT molecular complexity index is 1010. The Morgan fingerprint density at radius 1 is 1.06 bits per heavy atom. The van der Waals surface area contributed by atoms with Crippen LogP contribution < -0.4 is 14.8 Å². The largest absolute Gasteiger partial charge is 0.513 e. The summed E-state index contributed by atoms with van der Waals surface area (Å²) in [4.78, 5) is 38.2. The molecule has 0 radical (unpaired) electrons. The molecule has 0 saturated carbocycles. The summed E-state index contributed by atoms with van der Waals surface area (Å²) in [6.45, 7) is 3.74. The monoisotopic (exact) mass is 466 g/mol. The predicted molar refractivity (Wildman–Crippen MR) is 128 cm³/mol. The molecule has 8 heteroatoms. The number of carbonyl (C=O) groups is 3. The summed E-state index contributed by atoms with van der Waals surface area (Å²) in [5.74, 6) is 1.13. The number of ether oxygens (including phenoxy) is 3. The van der Waals surface area contributed by atoms with Crippen molar-refractivity contribution in [3.8, 4) is 11.5 Å². The zero-order chi connectivity index (χ0) is 24.3. The van der Waals surface area contributed by atoms with Gasteiger partial charge < -0.3 is 24.4 Å². The molecule has 1 N–H and O–H groups in total. The number of benzene rings is 2. The zero-order valence-electron chi connectivity index (χ0n) is 19.5. The van der Waals surface area contributed by atoms with Gasteiger partial charge in [-0.15, -0.1) is 0 Å². The van der Waals surface area contributed by atoms with Crippen LogP contribution in [0.3, 0.4) is 0 Å². The van der Waals surface area contributed by atoms with Gasteiger partial charge in [-0.05, 0) is 62.1 Å². The molecular weight excluding hydrogens is 436 g/mol. The normalized spacial score (nSPS) is 14.0. The molecule has 180 valence electrons. The fourth-order valence-corrected chi connectivity index (χ4v) is 3.71. The fraction of sp³-hybridized carbons (Fsp3) is 0.346. The number of methoxy groups -OCH3 is 1. The summed E-state index contributed by atoms with van der Waals surface area (Å²) in [5.41, 5.74) is 1.37. The highest BCUT2D eigenvalue weighted by Gasteiger charge is 2.24. The van der Waals surface area contributed by atoms with E-state index in [-0.39, 0.29) is 18.4 Å². The quantitative estimate of drug-likeness (QED) is 0.360. The Kier molecular flexibility index (Phi) is 9.08. The van der Waals surface area contributed by atoms with E-state index in [0.717, 1.165) is 18.4 Å². The van der Waals surface area contributed by atoms with Crippen molar-refractivity contribution in [2.45, 2.75) is 19.8 Å². The number of amides is 2. The fourth-order valence-electron chi connectivity index (χ4n) is 3.71. The van der Waals surface area contributed by atoms with Crippen LogP contribution in [0.4, 0.5) is 4.79 Å². The lowest BCUT2D eigenvalue weighted by Crippen LogP contribution is -2.41. The second-order valence-corrected chi connectivity index (χ2v) is 7.87. The lowest BCUT2D eigenvalue weighted by Gasteiger charge is -2.32. The minimum Gasteiger partial charge on any atom is -0.496 e. The molecule has 1 heterocycles. The highest BCUT2D eigenvalue weighted by Crippen LogP contribution is 2.21. The van der Waals surface area contributed by atoms with Crippen LogP contribution in [0, 0.1) is 5.92 Å². The molecule has 8 nitrogen and oxygen atoms in total. The number of hydrogen-bond acceptors (Lipinski definition) is 6. The van der Waals surface area contributed by atoms with E-state index >= 15 is 0 Å². The van der Waals surface area contributed by atoms with Crippen molar-refractivity contribution < 1.29 is 28.6 Å². The van der Waals surface area contributed by atoms with Crippen molar-refractivity contribution in [3.05, 3.63) is 65.7 Å². The van der Waals surface area contributed by atoms with Crippen LogP contribution in [0.15, 0.2) is 54.6 Å². The number of rotatable bonds is 8. The molecule has 0 bridgehead atoms. The van der Waals surface area contributed by atoms with Gasteiger partial charge in [0, 0.05) is 36.8 Å². The number of carbonyl (C=O) groups excluding carboxylic acids is 3. The van der Waals surface area contributed by atoms with Crippen molar-refractivity contribution in [1.29, 1.82) is 0 Å². The van der Waals surface area contributed by atoms with Gasteiger partial charge in [0.2, 0.25) is 5.91 Å². The van der Waals surface area contributed by atoms with Crippen molar-refractivity contribution >= 4 is 24.0 Å². The maximum absolute atomic E-state index is 12.8. The summed E-state index contributed by atoms with van der Waals surface area (Å²) in [6.07, 6.45) is 4.09. The average molecular weight is 467 g/mol. The SMILES string of the molecule is CCOC(=O)Oc1ccc(C(=O)N2CCC(CNC(=O)/C=C/c3ccccc3OC)CC2)cc1. The predicted octanol–water partition coefficient (Wildman–Crippen LogP) is 3.91. The molecule has 2 amide bonds.